The lowest BCUT2D eigenvalue weighted by Crippen LogP contribution is -2.49. The van der Waals surface area contributed by atoms with E-state index < -0.39 is 18.0 Å². The summed E-state index contributed by atoms with van der Waals surface area (Å²) < 4.78 is 20.1. The van der Waals surface area contributed by atoms with Gasteiger partial charge in [-0.3, -0.25) is 14.5 Å². The van der Waals surface area contributed by atoms with Crippen molar-refractivity contribution in [3.05, 3.63) is 35.9 Å². The fourth-order valence-electron chi connectivity index (χ4n) is 3.78. The lowest BCUT2D eigenvalue weighted by Gasteiger charge is -2.36. The molecule has 4 rings (SSSR count). The molecule has 0 aliphatic carbocycles. The number of carbonyl (C=O) groups is 3. The number of imidazole rings is 1. The molecule has 32 heavy (non-hydrogen) atoms. The number of halogens is 1. The number of ether oxygens (including phenoxy) is 1. The van der Waals surface area contributed by atoms with E-state index in [1.165, 1.54) is 24.1 Å². The average molecular weight is 445 g/mol. The van der Waals surface area contributed by atoms with E-state index in [0.29, 0.717) is 43.2 Å². The number of hydrogen-bond acceptors (Lipinski definition) is 7. The molecule has 2 aromatic rings. The number of hydrogen-bond donors (Lipinski definition) is 3. The second-order valence-electron chi connectivity index (χ2n) is 7.65. The highest BCUT2D eigenvalue weighted by Crippen LogP contribution is 2.28. The Morgan fingerprint density at radius 2 is 2.06 bits per heavy atom. The minimum Gasteiger partial charge on any atom is -0.442 e. The molecule has 1 unspecified atom stereocenters. The molecule has 2 aliphatic heterocycles. The van der Waals surface area contributed by atoms with Gasteiger partial charge in [0, 0.05) is 33.1 Å². The molecule has 0 spiro atoms. The highest BCUT2D eigenvalue weighted by atomic mass is 19.1. The molecule has 0 saturated carbocycles. The molecule has 4 N–H and O–H groups in total. The summed E-state index contributed by atoms with van der Waals surface area (Å²) in [5, 5.41) is 2.60. The highest BCUT2D eigenvalue weighted by molar-refractivity contribution is 5.93. The van der Waals surface area contributed by atoms with Crippen molar-refractivity contribution in [2.75, 3.05) is 54.8 Å². The molecule has 2 fully saturated rings. The van der Waals surface area contributed by atoms with Gasteiger partial charge in [-0.05, 0) is 18.2 Å². The van der Waals surface area contributed by atoms with Crippen molar-refractivity contribution in [3.8, 4) is 0 Å². The van der Waals surface area contributed by atoms with Crippen molar-refractivity contribution in [3.63, 3.8) is 0 Å². The number of cyclic esters (lactones) is 1. The number of aromatic nitrogens is 2. The third-order valence-corrected chi connectivity index (χ3v) is 5.43. The van der Waals surface area contributed by atoms with E-state index in [4.69, 9.17) is 10.5 Å². The molecule has 12 heteroatoms. The number of nitrogens with one attached hydrogen (secondary N) is 2. The van der Waals surface area contributed by atoms with E-state index in [9.17, 15) is 18.8 Å². The van der Waals surface area contributed by atoms with E-state index in [-0.39, 0.29) is 30.9 Å². The van der Waals surface area contributed by atoms with Gasteiger partial charge in [-0.25, -0.2) is 14.2 Å². The highest BCUT2D eigenvalue weighted by Gasteiger charge is 2.33. The normalized spacial score (nSPS) is 18.6. The van der Waals surface area contributed by atoms with E-state index in [0.717, 1.165) is 0 Å². The smallest absolute Gasteiger partial charge is 0.414 e. The summed E-state index contributed by atoms with van der Waals surface area (Å²) >= 11 is 0. The number of rotatable bonds is 5. The molecule has 3 heterocycles. The maximum absolute atomic E-state index is 14.9. The third kappa shape index (κ3) is 4.43. The first-order valence-electron chi connectivity index (χ1n) is 10.2. The fraction of sp³-hybridized carbons (Fsp3) is 0.400. The molecule has 0 radical (unpaired) electrons. The number of aromatic amines is 1. The van der Waals surface area contributed by atoms with E-state index in [1.807, 2.05) is 4.90 Å². The van der Waals surface area contributed by atoms with Gasteiger partial charge in [-0.15, -0.1) is 0 Å². The van der Waals surface area contributed by atoms with Gasteiger partial charge in [0.15, 0.2) is 5.95 Å². The Bertz CT molecular complexity index is 1030. The number of nitrogens with two attached hydrogens (primary N) is 1. The SMILES string of the molecule is CC(=O)NCC1CN(c2ccc(N3CCN(C(=O)c4cnc(N)[nH]4)CC3)c(F)c2)C(=O)O1. The zero-order valence-corrected chi connectivity index (χ0v) is 17.5. The number of nitrogen functional groups attached to an aromatic ring is 1. The lowest BCUT2D eigenvalue weighted by molar-refractivity contribution is -0.119. The number of carbonyl (C=O) groups excluding carboxylic acids is 3. The summed E-state index contributed by atoms with van der Waals surface area (Å²) in [6.07, 6.45) is 0.316. The van der Waals surface area contributed by atoms with Crippen LogP contribution in [0.4, 0.5) is 26.5 Å². The Hall–Kier alpha value is -3.83. The van der Waals surface area contributed by atoms with Gasteiger partial charge in [0.1, 0.15) is 17.6 Å². The second kappa shape index (κ2) is 8.73. The molecule has 2 saturated heterocycles. The van der Waals surface area contributed by atoms with Gasteiger partial charge < -0.3 is 30.6 Å². The fourth-order valence-corrected chi connectivity index (χ4v) is 3.78. The maximum atomic E-state index is 14.9. The van der Waals surface area contributed by atoms with Crippen LogP contribution in [-0.2, 0) is 9.53 Å². The minimum atomic E-state index is -0.584. The van der Waals surface area contributed by atoms with Crippen LogP contribution in [0.2, 0.25) is 0 Å². The van der Waals surface area contributed by atoms with Gasteiger partial charge in [0.2, 0.25) is 5.91 Å². The Morgan fingerprint density at radius 1 is 1.31 bits per heavy atom. The van der Waals surface area contributed by atoms with Crippen molar-refractivity contribution in [2.45, 2.75) is 13.0 Å². The van der Waals surface area contributed by atoms with Gasteiger partial charge in [-0.1, -0.05) is 0 Å². The number of benzene rings is 1. The first-order valence-corrected chi connectivity index (χ1v) is 10.2. The van der Waals surface area contributed by atoms with Gasteiger partial charge in [0.05, 0.1) is 30.7 Å². The van der Waals surface area contributed by atoms with E-state index in [2.05, 4.69) is 15.3 Å². The lowest BCUT2D eigenvalue weighted by atomic mass is 10.2. The number of piperazine rings is 1. The predicted octanol–water partition coefficient (Wildman–Crippen LogP) is 0.555. The molecule has 2 aliphatic rings. The molecule has 0 bridgehead atoms. The molecular formula is C20H24FN7O4. The molecule has 170 valence electrons. The van der Waals surface area contributed by atoms with Gasteiger partial charge in [0.25, 0.3) is 5.91 Å². The zero-order chi connectivity index (χ0) is 22.8. The molecule has 1 aromatic carbocycles. The van der Waals surface area contributed by atoms with E-state index >= 15 is 0 Å². The maximum Gasteiger partial charge on any atom is 0.414 e. The van der Waals surface area contributed by atoms with Crippen molar-refractivity contribution in [1.29, 1.82) is 0 Å². The summed E-state index contributed by atoms with van der Waals surface area (Å²) in [5.74, 6) is -0.712. The first-order chi connectivity index (χ1) is 15.3. The quantitative estimate of drug-likeness (QED) is 0.611. The Morgan fingerprint density at radius 3 is 2.69 bits per heavy atom. The topological polar surface area (TPSA) is 137 Å². The van der Waals surface area contributed by atoms with Crippen LogP contribution >= 0.6 is 0 Å². The predicted molar refractivity (Wildman–Crippen MR) is 114 cm³/mol. The number of H-pyrrole nitrogens is 1. The molecule has 1 atom stereocenters. The molecule has 3 amide bonds. The standard InChI is InChI=1S/C20H24FN7O4/c1-12(29)23-9-14-11-28(20(31)32-14)13-2-3-17(15(21)8-13)26-4-6-27(7-5-26)18(30)16-10-24-19(22)25-16/h2-3,8,10,14H,4-7,9,11H2,1H3,(H,23,29)(H3,22,24,25). The summed E-state index contributed by atoms with van der Waals surface area (Å²) in [7, 11) is 0. The first kappa shape index (κ1) is 21.4. The number of nitrogens with zero attached hydrogens (tertiary/aromatic N) is 4. The van der Waals surface area contributed by atoms with Crippen LogP contribution in [0, 0.1) is 5.82 Å². The van der Waals surface area contributed by atoms with Crippen LogP contribution in [0.5, 0.6) is 0 Å². The number of amides is 3. The van der Waals surface area contributed by atoms with Crippen molar-refractivity contribution in [2.24, 2.45) is 0 Å². The van der Waals surface area contributed by atoms with Gasteiger partial charge >= 0.3 is 6.09 Å². The zero-order valence-electron chi connectivity index (χ0n) is 17.5. The van der Waals surface area contributed by atoms with Crippen molar-refractivity contribution in [1.82, 2.24) is 20.2 Å². The Balaban J connectivity index is 1.37. The summed E-state index contributed by atoms with van der Waals surface area (Å²) in [6.45, 7) is 3.55. The van der Waals surface area contributed by atoms with Crippen LogP contribution in [0.3, 0.4) is 0 Å². The largest absolute Gasteiger partial charge is 0.442 e. The van der Waals surface area contributed by atoms with E-state index in [1.54, 1.807) is 17.0 Å². The average Bonchev–Trinajstić information content (AvgIpc) is 3.37. The van der Waals surface area contributed by atoms with Crippen LogP contribution in [0.1, 0.15) is 17.4 Å². The molecule has 11 nitrogen and oxygen atoms in total. The molecule has 1 aromatic heterocycles. The Labute approximate surface area is 183 Å². The van der Waals surface area contributed by atoms with Crippen LogP contribution < -0.4 is 20.9 Å². The summed E-state index contributed by atoms with van der Waals surface area (Å²) in [6, 6.07) is 4.57. The number of anilines is 3. The third-order valence-electron chi connectivity index (χ3n) is 5.43. The summed E-state index contributed by atoms with van der Waals surface area (Å²) in [5.41, 5.74) is 6.62. The second-order valence-corrected chi connectivity index (χ2v) is 7.65. The minimum absolute atomic E-state index is 0.178. The summed E-state index contributed by atoms with van der Waals surface area (Å²) in [4.78, 5) is 47.1. The monoisotopic (exact) mass is 445 g/mol. The van der Waals surface area contributed by atoms with Crippen LogP contribution in [0.25, 0.3) is 0 Å². The van der Waals surface area contributed by atoms with Crippen molar-refractivity contribution < 1.29 is 23.5 Å². The van der Waals surface area contributed by atoms with Crippen LogP contribution in [0.15, 0.2) is 24.4 Å². The molecular weight excluding hydrogens is 421 g/mol. The Kier molecular flexibility index (Phi) is 5.84. The van der Waals surface area contributed by atoms with Crippen LogP contribution in [-0.4, -0.2) is 78.1 Å². The van der Waals surface area contributed by atoms with Crippen molar-refractivity contribution >= 4 is 35.2 Å². The van der Waals surface area contributed by atoms with Gasteiger partial charge in [-0.2, -0.15) is 0 Å².